The maximum absolute atomic E-state index is 13.6. The Balaban J connectivity index is 1.58. The lowest BCUT2D eigenvalue weighted by molar-refractivity contribution is -0.115. The van der Waals surface area contributed by atoms with Gasteiger partial charge in [0.2, 0.25) is 5.91 Å². The molecule has 1 saturated heterocycles. The SMILES string of the molecule is CN1CCN(c2ccc(NC(=O)Cc3ccccc3F)cn2)CC1. The molecular formula is C18H21FN4O. The lowest BCUT2D eigenvalue weighted by Crippen LogP contribution is -2.44. The molecule has 1 fully saturated rings. The normalized spacial score (nSPS) is 15.3. The zero-order valence-electron chi connectivity index (χ0n) is 13.7. The van der Waals surface area contributed by atoms with E-state index >= 15 is 0 Å². The summed E-state index contributed by atoms with van der Waals surface area (Å²) < 4.78 is 13.6. The van der Waals surface area contributed by atoms with Crippen LogP contribution in [0.2, 0.25) is 0 Å². The van der Waals surface area contributed by atoms with Crippen molar-refractivity contribution in [2.24, 2.45) is 0 Å². The van der Waals surface area contributed by atoms with Crippen LogP contribution in [0.15, 0.2) is 42.6 Å². The van der Waals surface area contributed by atoms with Gasteiger partial charge in [0.05, 0.1) is 18.3 Å². The summed E-state index contributed by atoms with van der Waals surface area (Å²) in [5.74, 6) is 0.292. The maximum Gasteiger partial charge on any atom is 0.228 e. The first-order valence-corrected chi connectivity index (χ1v) is 8.04. The molecule has 3 rings (SSSR count). The molecule has 0 bridgehead atoms. The molecule has 6 heteroatoms. The molecule has 0 atom stereocenters. The Morgan fingerprint density at radius 1 is 1.17 bits per heavy atom. The van der Waals surface area contributed by atoms with E-state index in [1.165, 1.54) is 6.07 Å². The number of piperazine rings is 1. The number of likely N-dealkylation sites (N-methyl/N-ethyl adjacent to an activating group) is 1. The molecule has 1 aromatic carbocycles. The van der Waals surface area contributed by atoms with Crippen molar-refractivity contribution in [3.8, 4) is 0 Å². The van der Waals surface area contributed by atoms with E-state index in [1.807, 2.05) is 12.1 Å². The highest BCUT2D eigenvalue weighted by atomic mass is 19.1. The molecule has 0 aliphatic carbocycles. The molecule has 0 radical (unpaired) electrons. The van der Waals surface area contributed by atoms with Gasteiger partial charge in [0.25, 0.3) is 0 Å². The van der Waals surface area contributed by atoms with Gasteiger partial charge in [0, 0.05) is 26.2 Å². The van der Waals surface area contributed by atoms with Crippen LogP contribution in [0, 0.1) is 5.82 Å². The molecule has 1 aliphatic heterocycles. The number of amides is 1. The molecule has 24 heavy (non-hydrogen) atoms. The summed E-state index contributed by atoms with van der Waals surface area (Å²) in [5, 5.41) is 2.76. The van der Waals surface area contributed by atoms with Gasteiger partial charge in [-0.2, -0.15) is 0 Å². The number of carbonyl (C=O) groups excluding carboxylic acids is 1. The number of carbonyl (C=O) groups is 1. The van der Waals surface area contributed by atoms with Crippen LogP contribution in [0.5, 0.6) is 0 Å². The average molecular weight is 328 g/mol. The highest BCUT2D eigenvalue weighted by Crippen LogP contribution is 2.16. The lowest BCUT2D eigenvalue weighted by atomic mass is 10.1. The molecule has 0 saturated carbocycles. The summed E-state index contributed by atoms with van der Waals surface area (Å²) >= 11 is 0. The third kappa shape index (κ3) is 4.08. The van der Waals surface area contributed by atoms with Gasteiger partial charge in [-0.1, -0.05) is 18.2 Å². The minimum Gasteiger partial charge on any atom is -0.354 e. The van der Waals surface area contributed by atoms with Crippen LogP contribution < -0.4 is 10.2 Å². The molecule has 2 heterocycles. The Hall–Kier alpha value is -2.47. The zero-order chi connectivity index (χ0) is 16.9. The number of hydrogen-bond acceptors (Lipinski definition) is 4. The first-order valence-electron chi connectivity index (χ1n) is 8.04. The summed E-state index contributed by atoms with van der Waals surface area (Å²) in [7, 11) is 2.11. The zero-order valence-corrected chi connectivity index (χ0v) is 13.7. The van der Waals surface area contributed by atoms with Gasteiger partial charge in [-0.25, -0.2) is 9.37 Å². The Labute approximate surface area is 141 Å². The van der Waals surface area contributed by atoms with E-state index in [1.54, 1.807) is 24.4 Å². The number of nitrogens with zero attached hydrogens (tertiary/aromatic N) is 3. The Morgan fingerprint density at radius 3 is 2.58 bits per heavy atom. The Kier molecular flexibility index (Phi) is 5.05. The monoisotopic (exact) mass is 328 g/mol. The van der Waals surface area contributed by atoms with Crippen LogP contribution >= 0.6 is 0 Å². The number of halogens is 1. The summed E-state index contributed by atoms with van der Waals surface area (Å²) in [6, 6.07) is 10.0. The minimum atomic E-state index is -0.365. The van der Waals surface area contributed by atoms with Crippen molar-refractivity contribution in [2.45, 2.75) is 6.42 Å². The molecule has 0 unspecified atom stereocenters. The standard InChI is InChI=1S/C18H21FN4O/c1-22-8-10-23(11-9-22)17-7-6-15(13-20-17)21-18(24)12-14-4-2-3-5-16(14)19/h2-7,13H,8-12H2,1H3,(H,21,24). The second-order valence-corrected chi connectivity index (χ2v) is 6.01. The summed E-state index contributed by atoms with van der Waals surface area (Å²) in [6.07, 6.45) is 1.65. The van der Waals surface area contributed by atoms with E-state index in [4.69, 9.17) is 0 Å². The first-order chi connectivity index (χ1) is 11.6. The van der Waals surface area contributed by atoms with E-state index in [0.717, 1.165) is 32.0 Å². The highest BCUT2D eigenvalue weighted by molar-refractivity contribution is 5.92. The minimum absolute atomic E-state index is 0.00683. The lowest BCUT2D eigenvalue weighted by Gasteiger charge is -2.33. The third-order valence-corrected chi connectivity index (χ3v) is 4.17. The van der Waals surface area contributed by atoms with Crippen LogP contribution in [0.4, 0.5) is 15.9 Å². The number of pyridine rings is 1. The molecule has 1 N–H and O–H groups in total. The predicted molar refractivity (Wildman–Crippen MR) is 92.7 cm³/mol. The van der Waals surface area contributed by atoms with Crippen molar-refractivity contribution < 1.29 is 9.18 Å². The number of benzene rings is 1. The molecule has 2 aromatic rings. The van der Waals surface area contributed by atoms with Crippen molar-refractivity contribution >= 4 is 17.4 Å². The molecule has 5 nitrogen and oxygen atoms in total. The highest BCUT2D eigenvalue weighted by Gasteiger charge is 2.15. The van der Waals surface area contributed by atoms with Crippen molar-refractivity contribution in [1.82, 2.24) is 9.88 Å². The number of anilines is 2. The smallest absolute Gasteiger partial charge is 0.228 e. The summed E-state index contributed by atoms with van der Waals surface area (Å²) in [6.45, 7) is 3.93. The van der Waals surface area contributed by atoms with E-state index in [-0.39, 0.29) is 18.1 Å². The fourth-order valence-corrected chi connectivity index (χ4v) is 2.70. The Bertz CT molecular complexity index is 696. The van der Waals surface area contributed by atoms with E-state index < -0.39 is 0 Å². The fourth-order valence-electron chi connectivity index (χ4n) is 2.70. The van der Waals surface area contributed by atoms with E-state index in [2.05, 4.69) is 27.1 Å². The van der Waals surface area contributed by atoms with Crippen molar-refractivity contribution in [3.63, 3.8) is 0 Å². The van der Waals surface area contributed by atoms with Crippen LogP contribution in [-0.2, 0) is 11.2 Å². The quantitative estimate of drug-likeness (QED) is 0.934. The Morgan fingerprint density at radius 2 is 1.92 bits per heavy atom. The fraction of sp³-hybridized carbons (Fsp3) is 0.333. The molecule has 0 spiro atoms. The largest absolute Gasteiger partial charge is 0.354 e. The molecule has 1 aromatic heterocycles. The third-order valence-electron chi connectivity index (χ3n) is 4.17. The van der Waals surface area contributed by atoms with E-state index in [9.17, 15) is 9.18 Å². The van der Waals surface area contributed by atoms with Gasteiger partial charge in [0.1, 0.15) is 11.6 Å². The van der Waals surface area contributed by atoms with Crippen LogP contribution in [0.25, 0.3) is 0 Å². The van der Waals surface area contributed by atoms with Gasteiger partial charge < -0.3 is 15.1 Å². The second kappa shape index (κ2) is 7.40. The first kappa shape index (κ1) is 16.4. The molecule has 1 aliphatic rings. The van der Waals surface area contributed by atoms with Crippen LogP contribution in [0.1, 0.15) is 5.56 Å². The average Bonchev–Trinajstić information content (AvgIpc) is 2.58. The predicted octanol–water partition coefficient (Wildman–Crippen LogP) is 2.15. The molecule has 1 amide bonds. The number of rotatable bonds is 4. The van der Waals surface area contributed by atoms with Crippen LogP contribution in [0.3, 0.4) is 0 Å². The number of hydrogen-bond donors (Lipinski definition) is 1. The van der Waals surface area contributed by atoms with Crippen molar-refractivity contribution in [2.75, 3.05) is 43.4 Å². The molecule has 126 valence electrons. The topological polar surface area (TPSA) is 48.5 Å². The van der Waals surface area contributed by atoms with E-state index in [0.29, 0.717) is 11.3 Å². The van der Waals surface area contributed by atoms with Crippen molar-refractivity contribution in [3.05, 3.63) is 54.0 Å². The summed E-state index contributed by atoms with van der Waals surface area (Å²) in [5.41, 5.74) is 1.01. The van der Waals surface area contributed by atoms with Gasteiger partial charge in [-0.05, 0) is 30.8 Å². The van der Waals surface area contributed by atoms with Gasteiger partial charge in [-0.3, -0.25) is 4.79 Å². The molecular weight excluding hydrogens is 307 g/mol. The van der Waals surface area contributed by atoms with Crippen molar-refractivity contribution in [1.29, 1.82) is 0 Å². The van der Waals surface area contributed by atoms with Gasteiger partial charge >= 0.3 is 0 Å². The second-order valence-electron chi connectivity index (χ2n) is 6.01. The maximum atomic E-state index is 13.6. The summed E-state index contributed by atoms with van der Waals surface area (Å²) in [4.78, 5) is 21.0. The van der Waals surface area contributed by atoms with Gasteiger partial charge in [-0.15, -0.1) is 0 Å². The van der Waals surface area contributed by atoms with Gasteiger partial charge in [0.15, 0.2) is 0 Å². The van der Waals surface area contributed by atoms with Crippen LogP contribution in [-0.4, -0.2) is 49.0 Å². The number of nitrogens with one attached hydrogen (secondary N) is 1. The number of aromatic nitrogens is 1.